The summed E-state index contributed by atoms with van der Waals surface area (Å²) in [6.07, 6.45) is 5.36. The molecule has 0 aliphatic heterocycles. The van der Waals surface area contributed by atoms with E-state index in [0.717, 1.165) is 17.9 Å². The first kappa shape index (κ1) is 11.7. The Hall–Kier alpha value is -0.410. The van der Waals surface area contributed by atoms with Crippen molar-refractivity contribution in [3.8, 4) is 0 Å². The maximum Gasteiger partial charge on any atom is 0.113 e. The van der Waals surface area contributed by atoms with Crippen LogP contribution in [-0.4, -0.2) is 11.8 Å². The van der Waals surface area contributed by atoms with Crippen molar-refractivity contribution in [1.82, 2.24) is 0 Å². The van der Waals surface area contributed by atoms with Crippen LogP contribution in [0.3, 0.4) is 0 Å². The Bertz CT molecular complexity index is 221. The zero-order valence-corrected chi connectivity index (χ0v) is 9.56. The predicted molar refractivity (Wildman–Crippen MR) is 62.4 cm³/mol. The third-order valence-corrected chi connectivity index (χ3v) is 3.09. The highest BCUT2D eigenvalue weighted by molar-refractivity contribution is 7.98. The molecule has 0 aliphatic carbocycles. The van der Waals surface area contributed by atoms with E-state index >= 15 is 0 Å². The zero-order valence-electron chi connectivity index (χ0n) is 8.74. The molecule has 2 nitrogen and oxygen atoms in total. The van der Waals surface area contributed by atoms with Gasteiger partial charge in [0.25, 0.3) is 0 Å². The molecule has 0 bridgehead atoms. The fourth-order valence-corrected chi connectivity index (χ4v) is 2.16. The van der Waals surface area contributed by atoms with Crippen LogP contribution >= 0.6 is 11.8 Å². The number of nitrogens with two attached hydrogens (primary N) is 1. The summed E-state index contributed by atoms with van der Waals surface area (Å²) in [5.74, 6) is 3.26. The standard InChI is InChI=1S/C11H19NOS/c1-10(12)5-2-3-8-14-9-11-6-4-7-13-11/h4,6-7,10H,2-3,5,8-9,12H2,1H3. The lowest BCUT2D eigenvalue weighted by molar-refractivity contribution is 0.530. The number of hydrogen-bond donors (Lipinski definition) is 1. The van der Waals surface area contributed by atoms with E-state index in [1.807, 2.05) is 23.9 Å². The van der Waals surface area contributed by atoms with Crippen LogP contribution in [0.2, 0.25) is 0 Å². The van der Waals surface area contributed by atoms with Crippen molar-refractivity contribution in [3.63, 3.8) is 0 Å². The molecule has 0 radical (unpaired) electrons. The van der Waals surface area contributed by atoms with Gasteiger partial charge in [-0.15, -0.1) is 0 Å². The van der Waals surface area contributed by atoms with Crippen molar-refractivity contribution in [2.75, 3.05) is 5.75 Å². The van der Waals surface area contributed by atoms with Crippen LogP contribution in [0.1, 0.15) is 31.9 Å². The monoisotopic (exact) mass is 213 g/mol. The SMILES string of the molecule is CC(N)CCCCSCc1ccco1. The summed E-state index contributed by atoms with van der Waals surface area (Å²) >= 11 is 1.93. The summed E-state index contributed by atoms with van der Waals surface area (Å²) in [6.45, 7) is 2.07. The van der Waals surface area contributed by atoms with E-state index in [2.05, 4.69) is 6.92 Å². The summed E-state index contributed by atoms with van der Waals surface area (Å²) < 4.78 is 5.24. The Morgan fingerprint density at radius 2 is 2.36 bits per heavy atom. The van der Waals surface area contributed by atoms with E-state index in [4.69, 9.17) is 10.2 Å². The first-order valence-electron chi connectivity index (χ1n) is 5.15. The summed E-state index contributed by atoms with van der Waals surface area (Å²) in [4.78, 5) is 0. The molecule has 1 rings (SSSR count). The summed E-state index contributed by atoms with van der Waals surface area (Å²) in [5, 5.41) is 0. The van der Waals surface area contributed by atoms with Crippen LogP contribution in [0.25, 0.3) is 0 Å². The molecule has 0 saturated heterocycles. The van der Waals surface area contributed by atoms with E-state index in [0.29, 0.717) is 6.04 Å². The lowest BCUT2D eigenvalue weighted by Crippen LogP contribution is -2.14. The van der Waals surface area contributed by atoms with Gasteiger partial charge < -0.3 is 10.2 Å². The molecule has 0 fully saturated rings. The van der Waals surface area contributed by atoms with Gasteiger partial charge in [-0.25, -0.2) is 0 Å². The van der Waals surface area contributed by atoms with Gasteiger partial charge in [0, 0.05) is 6.04 Å². The number of furan rings is 1. The third kappa shape index (κ3) is 5.35. The van der Waals surface area contributed by atoms with Crippen LogP contribution in [-0.2, 0) is 5.75 Å². The molecule has 0 amide bonds. The molecule has 0 aromatic carbocycles. The number of thioether (sulfide) groups is 1. The maximum atomic E-state index is 5.66. The van der Waals surface area contributed by atoms with E-state index in [1.165, 1.54) is 18.6 Å². The lowest BCUT2D eigenvalue weighted by Gasteiger charge is -2.03. The first-order valence-corrected chi connectivity index (χ1v) is 6.30. The molecule has 80 valence electrons. The van der Waals surface area contributed by atoms with E-state index in [9.17, 15) is 0 Å². The molecule has 1 heterocycles. The molecule has 3 heteroatoms. The van der Waals surface area contributed by atoms with E-state index < -0.39 is 0 Å². The van der Waals surface area contributed by atoms with Gasteiger partial charge in [0.15, 0.2) is 0 Å². The molecule has 2 N–H and O–H groups in total. The van der Waals surface area contributed by atoms with Gasteiger partial charge in [0.2, 0.25) is 0 Å². The van der Waals surface area contributed by atoms with Gasteiger partial charge in [-0.2, -0.15) is 11.8 Å². The second kappa shape index (κ2) is 6.96. The van der Waals surface area contributed by atoms with Gasteiger partial charge in [-0.1, -0.05) is 6.42 Å². The minimum absolute atomic E-state index is 0.352. The average Bonchev–Trinajstić information content (AvgIpc) is 2.63. The lowest BCUT2D eigenvalue weighted by atomic mass is 10.2. The summed E-state index contributed by atoms with van der Waals surface area (Å²) in [5.41, 5.74) is 5.66. The Labute approximate surface area is 90.2 Å². The van der Waals surface area contributed by atoms with Crippen molar-refractivity contribution in [1.29, 1.82) is 0 Å². The third-order valence-electron chi connectivity index (χ3n) is 2.02. The van der Waals surface area contributed by atoms with Gasteiger partial charge in [-0.3, -0.25) is 0 Å². The second-order valence-corrected chi connectivity index (χ2v) is 4.71. The van der Waals surface area contributed by atoms with E-state index in [1.54, 1.807) is 6.26 Å². The fraction of sp³-hybridized carbons (Fsp3) is 0.636. The Morgan fingerprint density at radius 1 is 1.50 bits per heavy atom. The number of rotatable bonds is 7. The highest BCUT2D eigenvalue weighted by Crippen LogP contribution is 2.14. The molecule has 1 unspecified atom stereocenters. The van der Waals surface area contributed by atoms with Crippen molar-refractivity contribution in [2.24, 2.45) is 5.73 Å². The normalized spacial score (nSPS) is 13.0. The molecule has 1 aromatic heterocycles. The molecule has 0 aliphatic rings. The number of unbranched alkanes of at least 4 members (excludes halogenated alkanes) is 1. The molecular formula is C11H19NOS. The largest absolute Gasteiger partial charge is 0.468 e. The fourth-order valence-electron chi connectivity index (χ4n) is 1.24. The topological polar surface area (TPSA) is 39.2 Å². The Morgan fingerprint density at radius 3 is 3.00 bits per heavy atom. The van der Waals surface area contributed by atoms with Crippen LogP contribution in [0, 0.1) is 0 Å². The summed E-state index contributed by atoms with van der Waals surface area (Å²) in [6, 6.07) is 4.31. The van der Waals surface area contributed by atoms with E-state index in [-0.39, 0.29) is 0 Å². The van der Waals surface area contributed by atoms with Crippen LogP contribution < -0.4 is 5.73 Å². The van der Waals surface area contributed by atoms with Gasteiger partial charge in [-0.05, 0) is 37.7 Å². The molecule has 0 saturated carbocycles. The van der Waals surface area contributed by atoms with Crippen molar-refractivity contribution in [3.05, 3.63) is 24.2 Å². The van der Waals surface area contributed by atoms with Crippen molar-refractivity contribution >= 4 is 11.8 Å². The highest BCUT2D eigenvalue weighted by atomic mass is 32.2. The average molecular weight is 213 g/mol. The predicted octanol–water partition coefficient (Wildman–Crippen LogP) is 3.03. The number of hydrogen-bond acceptors (Lipinski definition) is 3. The second-order valence-electron chi connectivity index (χ2n) is 3.61. The molecule has 1 aromatic rings. The Balaban J connectivity index is 1.90. The van der Waals surface area contributed by atoms with Gasteiger partial charge in [0.05, 0.1) is 12.0 Å². The minimum Gasteiger partial charge on any atom is -0.468 e. The molecule has 1 atom stereocenters. The first-order chi connectivity index (χ1) is 6.79. The molecule has 14 heavy (non-hydrogen) atoms. The quantitative estimate of drug-likeness (QED) is 0.708. The smallest absolute Gasteiger partial charge is 0.113 e. The maximum absolute atomic E-state index is 5.66. The minimum atomic E-state index is 0.352. The zero-order chi connectivity index (χ0) is 10.2. The van der Waals surface area contributed by atoms with Crippen LogP contribution in [0.5, 0.6) is 0 Å². The molecular weight excluding hydrogens is 194 g/mol. The Kier molecular flexibility index (Phi) is 5.80. The van der Waals surface area contributed by atoms with Crippen molar-refractivity contribution in [2.45, 2.75) is 38.0 Å². The summed E-state index contributed by atoms with van der Waals surface area (Å²) in [7, 11) is 0. The van der Waals surface area contributed by atoms with Gasteiger partial charge >= 0.3 is 0 Å². The highest BCUT2D eigenvalue weighted by Gasteiger charge is 1.97. The van der Waals surface area contributed by atoms with Crippen molar-refractivity contribution < 1.29 is 4.42 Å². The van der Waals surface area contributed by atoms with Crippen LogP contribution in [0.4, 0.5) is 0 Å². The van der Waals surface area contributed by atoms with Gasteiger partial charge in [0.1, 0.15) is 5.76 Å². The molecule has 0 spiro atoms. The van der Waals surface area contributed by atoms with Crippen LogP contribution in [0.15, 0.2) is 22.8 Å².